The van der Waals surface area contributed by atoms with Crippen LogP contribution in [0.25, 0.3) is 0 Å². The fraction of sp³-hybridized carbons (Fsp3) is 0.727. The van der Waals surface area contributed by atoms with Gasteiger partial charge in [-0.1, -0.05) is 26.0 Å². The summed E-state index contributed by atoms with van der Waals surface area (Å²) in [6.07, 6.45) is 10.3. The Hall–Kier alpha value is -1.13. The van der Waals surface area contributed by atoms with E-state index in [1.54, 1.807) is 6.08 Å². The number of rotatable bonds is 3. The average molecular weight is 393 g/mol. The molecule has 0 unspecified atom stereocenters. The molecule has 0 bridgehead atoms. The number of hydrogen-bond acceptors (Lipinski definition) is 3. The molecule has 4 aliphatic carbocycles. The minimum Gasteiger partial charge on any atom is -0.481 e. The largest absolute Gasteiger partial charge is 0.481 e. The molecule has 2 fully saturated rings. The molecule has 0 radical (unpaired) electrons. The molecule has 0 saturated heterocycles. The van der Waals surface area contributed by atoms with E-state index in [2.05, 4.69) is 26.0 Å². The Morgan fingerprint density at radius 3 is 2.78 bits per heavy atom. The average Bonchev–Trinajstić information content (AvgIpc) is 2.87. The fourth-order valence-corrected chi connectivity index (χ4v) is 7.28. The number of carboxylic acids is 1. The van der Waals surface area contributed by atoms with E-state index in [1.165, 1.54) is 0 Å². The van der Waals surface area contributed by atoms with Crippen LogP contribution in [0.4, 0.5) is 0 Å². The lowest BCUT2D eigenvalue weighted by atomic mass is 9.48. The van der Waals surface area contributed by atoms with Crippen molar-refractivity contribution < 1.29 is 19.8 Å². The number of ketones is 1. The SMILES string of the molecule is C[C@]12CCC(=O)C=C1[C@H](Cl)C[C@@H]1[C@@H]2C=C[C@@]2(C)[C@H]1CC[C@@]2(O)CCC(=O)O. The van der Waals surface area contributed by atoms with E-state index in [0.717, 1.165) is 24.8 Å². The number of alkyl halides is 1. The lowest BCUT2D eigenvalue weighted by Gasteiger charge is -2.57. The van der Waals surface area contributed by atoms with E-state index in [-0.39, 0.29) is 29.4 Å². The van der Waals surface area contributed by atoms with E-state index in [9.17, 15) is 14.7 Å². The van der Waals surface area contributed by atoms with Crippen LogP contribution in [0, 0.1) is 28.6 Å². The van der Waals surface area contributed by atoms with Crippen LogP contribution >= 0.6 is 11.6 Å². The maximum Gasteiger partial charge on any atom is 0.303 e. The summed E-state index contributed by atoms with van der Waals surface area (Å²) in [4.78, 5) is 23.1. The molecular formula is C22H29ClO4. The zero-order valence-electron chi connectivity index (χ0n) is 16.1. The minimum atomic E-state index is -0.973. The van der Waals surface area contributed by atoms with Crippen molar-refractivity contribution in [3.05, 3.63) is 23.8 Å². The van der Waals surface area contributed by atoms with Crippen LogP contribution in [0.5, 0.6) is 0 Å². The molecule has 0 aliphatic heterocycles. The Morgan fingerprint density at radius 2 is 2.07 bits per heavy atom. The molecule has 2 N–H and O–H groups in total. The first-order valence-corrected chi connectivity index (χ1v) is 10.6. The molecular weight excluding hydrogens is 364 g/mol. The third-order valence-corrected chi connectivity index (χ3v) is 8.85. The molecule has 0 aromatic rings. The summed E-state index contributed by atoms with van der Waals surface area (Å²) in [6.45, 7) is 4.34. The normalized spacial score (nSPS) is 48.4. The first kappa shape index (κ1) is 19.2. The van der Waals surface area contributed by atoms with Gasteiger partial charge in [0, 0.05) is 18.3 Å². The molecule has 4 aliphatic rings. The van der Waals surface area contributed by atoms with Crippen LogP contribution < -0.4 is 0 Å². The Kier molecular flexibility index (Phi) is 4.40. The van der Waals surface area contributed by atoms with Crippen molar-refractivity contribution in [2.75, 3.05) is 0 Å². The molecule has 0 amide bonds. The van der Waals surface area contributed by atoms with Gasteiger partial charge in [-0.05, 0) is 66.9 Å². The Morgan fingerprint density at radius 1 is 1.33 bits per heavy atom. The summed E-state index contributed by atoms with van der Waals surface area (Å²) in [5.41, 5.74) is -0.390. The van der Waals surface area contributed by atoms with Gasteiger partial charge in [0.15, 0.2) is 5.78 Å². The highest BCUT2D eigenvalue weighted by Crippen LogP contribution is 2.66. The van der Waals surface area contributed by atoms with Crippen molar-refractivity contribution in [2.24, 2.45) is 28.6 Å². The maximum absolute atomic E-state index is 12.0. The van der Waals surface area contributed by atoms with Gasteiger partial charge in [0.25, 0.3) is 0 Å². The summed E-state index contributed by atoms with van der Waals surface area (Å²) >= 11 is 6.79. The van der Waals surface area contributed by atoms with E-state index in [0.29, 0.717) is 30.6 Å². The third kappa shape index (κ3) is 2.66. The van der Waals surface area contributed by atoms with Gasteiger partial charge in [-0.15, -0.1) is 11.6 Å². The zero-order valence-corrected chi connectivity index (χ0v) is 16.8. The van der Waals surface area contributed by atoms with Crippen molar-refractivity contribution >= 4 is 23.4 Å². The number of aliphatic hydroxyl groups is 1. The van der Waals surface area contributed by atoms with Crippen molar-refractivity contribution in [3.8, 4) is 0 Å². The summed E-state index contributed by atoms with van der Waals surface area (Å²) in [6, 6.07) is 0. The van der Waals surface area contributed by atoms with Gasteiger partial charge >= 0.3 is 5.97 Å². The molecule has 0 spiro atoms. The van der Waals surface area contributed by atoms with Gasteiger partial charge in [-0.25, -0.2) is 0 Å². The first-order valence-electron chi connectivity index (χ1n) is 10.1. The lowest BCUT2D eigenvalue weighted by Crippen LogP contribution is -2.54. The van der Waals surface area contributed by atoms with E-state index in [4.69, 9.17) is 16.7 Å². The molecule has 4 rings (SSSR count). The maximum atomic E-state index is 12.0. The van der Waals surface area contributed by atoms with Crippen LogP contribution in [-0.2, 0) is 9.59 Å². The second-order valence-corrected chi connectivity index (χ2v) is 10.1. The van der Waals surface area contributed by atoms with Crippen LogP contribution in [0.15, 0.2) is 23.8 Å². The van der Waals surface area contributed by atoms with Gasteiger partial charge in [-0.3, -0.25) is 9.59 Å². The Balaban J connectivity index is 1.71. The van der Waals surface area contributed by atoms with Crippen LogP contribution in [-0.4, -0.2) is 32.9 Å². The zero-order chi connectivity index (χ0) is 19.6. The predicted molar refractivity (Wildman–Crippen MR) is 103 cm³/mol. The molecule has 5 heteroatoms. The quantitative estimate of drug-likeness (QED) is 0.560. The van der Waals surface area contributed by atoms with Crippen molar-refractivity contribution in [3.63, 3.8) is 0 Å². The molecule has 7 atom stereocenters. The second-order valence-electron chi connectivity index (χ2n) is 9.59. The van der Waals surface area contributed by atoms with Crippen molar-refractivity contribution in [2.45, 2.75) is 69.8 Å². The summed E-state index contributed by atoms with van der Waals surface area (Å²) in [5, 5.41) is 20.3. The molecule has 4 nitrogen and oxygen atoms in total. The van der Waals surface area contributed by atoms with E-state index < -0.39 is 17.0 Å². The number of halogens is 1. The highest BCUT2D eigenvalue weighted by Gasteiger charge is 2.62. The number of carbonyl (C=O) groups excluding carboxylic acids is 1. The number of carboxylic acid groups (broad SMARTS) is 1. The van der Waals surface area contributed by atoms with Crippen LogP contribution in [0.2, 0.25) is 0 Å². The first-order chi connectivity index (χ1) is 12.6. The molecule has 148 valence electrons. The Labute approximate surface area is 165 Å². The van der Waals surface area contributed by atoms with Crippen molar-refractivity contribution in [1.29, 1.82) is 0 Å². The monoisotopic (exact) mass is 392 g/mol. The summed E-state index contributed by atoms with van der Waals surface area (Å²) in [7, 11) is 0. The van der Waals surface area contributed by atoms with E-state index in [1.807, 2.05) is 0 Å². The van der Waals surface area contributed by atoms with E-state index >= 15 is 0 Å². The van der Waals surface area contributed by atoms with Crippen LogP contribution in [0.1, 0.15) is 58.8 Å². The summed E-state index contributed by atoms with van der Waals surface area (Å²) in [5.74, 6) is 0.299. The molecule has 2 saturated carbocycles. The van der Waals surface area contributed by atoms with Gasteiger partial charge in [0.1, 0.15) is 0 Å². The fourth-order valence-electron chi connectivity index (χ4n) is 6.76. The summed E-state index contributed by atoms with van der Waals surface area (Å²) < 4.78 is 0. The lowest BCUT2D eigenvalue weighted by molar-refractivity contribution is -0.140. The number of aliphatic carboxylic acids is 1. The Bertz CT molecular complexity index is 743. The number of allylic oxidation sites excluding steroid dienone is 3. The number of fused-ring (bicyclic) bond motifs is 5. The molecule has 0 aromatic heterocycles. The minimum absolute atomic E-state index is 0.00834. The molecule has 0 aromatic carbocycles. The second kappa shape index (κ2) is 6.18. The number of carbonyl (C=O) groups is 2. The molecule has 0 heterocycles. The van der Waals surface area contributed by atoms with Gasteiger partial charge in [0.2, 0.25) is 0 Å². The highest BCUT2D eigenvalue weighted by atomic mass is 35.5. The highest BCUT2D eigenvalue weighted by molar-refractivity contribution is 6.23. The number of hydrogen-bond donors (Lipinski definition) is 2. The van der Waals surface area contributed by atoms with Crippen LogP contribution in [0.3, 0.4) is 0 Å². The third-order valence-electron chi connectivity index (χ3n) is 8.44. The smallest absolute Gasteiger partial charge is 0.303 e. The van der Waals surface area contributed by atoms with Crippen molar-refractivity contribution in [1.82, 2.24) is 0 Å². The standard InChI is InChI=1S/C22H29ClO4/c1-20-7-3-13(24)11-17(20)18(23)12-14-15(20)4-8-21(2)16(14)5-9-22(21,27)10-6-19(25)26/h4,8,11,14-16,18,27H,3,5-7,9-10,12H2,1-2H3,(H,25,26)/t14-,15+,16+,18-,20-,21+,22-/m1/s1. The topological polar surface area (TPSA) is 74.6 Å². The van der Waals surface area contributed by atoms with Gasteiger partial charge in [0.05, 0.1) is 11.0 Å². The predicted octanol–water partition coefficient (Wildman–Crippen LogP) is 4.11. The molecule has 27 heavy (non-hydrogen) atoms. The van der Waals surface area contributed by atoms with Gasteiger partial charge in [-0.2, -0.15) is 0 Å². The van der Waals surface area contributed by atoms with Gasteiger partial charge < -0.3 is 10.2 Å².